The van der Waals surface area contributed by atoms with Crippen molar-refractivity contribution in [3.05, 3.63) is 90.1 Å². The van der Waals surface area contributed by atoms with E-state index in [9.17, 15) is 9.59 Å². The van der Waals surface area contributed by atoms with Gasteiger partial charge in [-0.25, -0.2) is 4.98 Å². The molecule has 4 rings (SSSR count). The van der Waals surface area contributed by atoms with E-state index in [1.807, 2.05) is 42.5 Å². The molecule has 30 heavy (non-hydrogen) atoms. The number of aromatic amines is 1. The van der Waals surface area contributed by atoms with Crippen molar-refractivity contribution < 1.29 is 9.59 Å². The quantitative estimate of drug-likeness (QED) is 0.383. The Balaban J connectivity index is 1.59. The van der Waals surface area contributed by atoms with Crippen LogP contribution in [0.1, 0.15) is 20.8 Å². The maximum atomic E-state index is 12.7. The molecule has 148 valence electrons. The molecule has 0 saturated carbocycles. The highest BCUT2D eigenvalue weighted by Crippen LogP contribution is 2.24. The molecule has 0 unspecified atom stereocenters. The molecule has 6 N–H and O–H groups in total. The molecule has 1 heterocycles. The number of carbonyl (C=O) groups excluding carboxylic acids is 2. The van der Waals surface area contributed by atoms with Crippen LogP contribution in [0.4, 0.5) is 11.5 Å². The number of nitrogens with one attached hydrogen (secondary N) is 2. The number of benzene rings is 3. The third kappa shape index (κ3) is 3.90. The van der Waals surface area contributed by atoms with Gasteiger partial charge in [-0.15, -0.1) is 0 Å². The van der Waals surface area contributed by atoms with Crippen molar-refractivity contribution in [3.8, 4) is 22.5 Å². The van der Waals surface area contributed by atoms with Crippen LogP contribution < -0.4 is 16.8 Å². The third-order valence-corrected chi connectivity index (χ3v) is 4.60. The lowest BCUT2D eigenvalue weighted by atomic mass is 10.0. The van der Waals surface area contributed by atoms with Gasteiger partial charge in [-0.2, -0.15) is 0 Å². The highest BCUT2D eigenvalue weighted by Gasteiger charge is 2.19. The number of hydrogen-bond donors (Lipinski definition) is 4. The maximum absolute atomic E-state index is 12.7. The smallest absolute Gasteiger partial charge is 0.269 e. The van der Waals surface area contributed by atoms with Crippen LogP contribution in [-0.2, 0) is 0 Å². The molecular weight excluding hydrogens is 378 g/mol. The number of anilines is 2. The molecule has 0 radical (unpaired) electrons. The van der Waals surface area contributed by atoms with Crippen LogP contribution in [0.15, 0.2) is 78.9 Å². The van der Waals surface area contributed by atoms with E-state index < -0.39 is 11.8 Å². The first-order valence-electron chi connectivity index (χ1n) is 9.24. The molecule has 0 spiro atoms. The van der Waals surface area contributed by atoms with E-state index >= 15 is 0 Å². The van der Waals surface area contributed by atoms with Crippen LogP contribution in [0.25, 0.3) is 22.5 Å². The van der Waals surface area contributed by atoms with Crippen LogP contribution >= 0.6 is 0 Å². The SMILES string of the molecule is NC(=O)c1[nH]c(-c2cccc(N)c2)nc1NC(=O)c1ccc(-c2ccccc2)cc1. The summed E-state index contributed by atoms with van der Waals surface area (Å²) in [5.74, 6) is -0.682. The van der Waals surface area contributed by atoms with Crippen LogP contribution in [0, 0.1) is 0 Å². The Morgan fingerprint density at radius 3 is 2.17 bits per heavy atom. The molecule has 1 aromatic heterocycles. The average molecular weight is 397 g/mol. The number of hydrogen-bond acceptors (Lipinski definition) is 4. The summed E-state index contributed by atoms with van der Waals surface area (Å²) in [4.78, 5) is 31.7. The molecule has 7 nitrogen and oxygen atoms in total. The highest BCUT2D eigenvalue weighted by molar-refractivity contribution is 6.07. The minimum absolute atomic E-state index is 0.0154. The Morgan fingerprint density at radius 2 is 1.50 bits per heavy atom. The molecule has 0 atom stereocenters. The second-order valence-electron chi connectivity index (χ2n) is 6.70. The lowest BCUT2D eigenvalue weighted by Gasteiger charge is -2.06. The van der Waals surface area contributed by atoms with Gasteiger partial charge in [0.05, 0.1) is 0 Å². The van der Waals surface area contributed by atoms with Gasteiger partial charge in [-0.05, 0) is 35.4 Å². The van der Waals surface area contributed by atoms with Crippen molar-refractivity contribution in [3.63, 3.8) is 0 Å². The van der Waals surface area contributed by atoms with Gasteiger partial charge in [0.2, 0.25) is 0 Å². The fraction of sp³-hybridized carbons (Fsp3) is 0. The second-order valence-corrected chi connectivity index (χ2v) is 6.70. The normalized spacial score (nSPS) is 10.5. The lowest BCUT2D eigenvalue weighted by molar-refractivity contribution is 0.0997. The molecule has 2 amide bonds. The van der Waals surface area contributed by atoms with Crippen molar-refractivity contribution in [1.82, 2.24) is 9.97 Å². The van der Waals surface area contributed by atoms with Crippen LogP contribution in [-0.4, -0.2) is 21.8 Å². The highest BCUT2D eigenvalue weighted by atomic mass is 16.2. The predicted molar refractivity (Wildman–Crippen MR) is 117 cm³/mol. The Morgan fingerprint density at radius 1 is 0.833 bits per heavy atom. The average Bonchev–Trinajstić information content (AvgIpc) is 3.19. The molecule has 0 aliphatic carbocycles. The van der Waals surface area contributed by atoms with Crippen molar-refractivity contribution >= 4 is 23.3 Å². The first-order valence-corrected chi connectivity index (χ1v) is 9.24. The van der Waals surface area contributed by atoms with E-state index in [2.05, 4.69) is 15.3 Å². The first kappa shape index (κ1) is 18.9. The van der Waals surface area contributed by atoms with Gasteiger partial charge >= 0.3 is 0 Å². The monoisotopic (exact) mass is 397 g/mol. The van der Waals surface area contributed by atoms with Gasteiger partial charge in [0.25, 0.3) is 11.8 Å². The summed E-state index contributed by atoms with van der Waals surface area (Å²) < 4.78 is 0. The summed E-state index contributed by atoms with van der Waals surface area (Å²) in [5, 5.41) is 2.66. The minimum Gasteiger partial charge on any atom is -0.399 e. The van der Waals surface area contributed by atoms with E-state index in [1.54, 1.807) is 36.4 Å². The Kier molecular flexibility index (Phi) is 5.00. The van der Waals surface area contributed by atoms with E-state index in [-0.39, 0.29) is 11.5 Å². The predicted octanol–water partition coefficient (Wildman–Crippen LogP) is 3.68. The topological polar surface area (TPSA) is 127 Å². The molecule has 0 fully saturated rings. The number of nitrogens with two attached hydrogens (primary N) is 2. The molecule has 7 heteroatoms. The molecule has 3 aromatic carbocycles. The molecule has 0 aliphatic heterocycles. The van der Waals surface area contributed by atoms with Crippen LogP contribution in [0.3, 0.4) is 0 Å². The zero-order valence-electron chi connectivity index (χ0n) is 15.9. The molecule has 0 saturated heterocycles. The standard InChI is InChI=1S/C23H19N5O2/c24-18-8-4-7-17(13-18)21-26-19(20(25)29)22(27-21)28-23(30)16-11-9-15(10-12-16)14-5-2-1-3-6-14/h1-13H,24H2,(H2,25,29)(H,26,27)(H,28,30). The second kappa shape index (κ2) is 7.92. The number of primary amides is 1. The third-order valence-electron chi connectivity index (χ3n) is 4.60. The van der Waals surface area contributed by atoms with Crippen molar-refractivity contribution in [2.24, 2.45) is 5.73 Å². The number of amides is 2. The lowest BCUT2D eigenvalue weighted by Crippen LogP contribution is -2.18. The Labute approximate surface area is 172 Å². The zero-order valence-corrected chi connectivity index (χ0v) is 15.9. The number of nitrogen functional groups attached to an aromatic ring is 1. The number of aromatic nitrogens is 2. The van der Waals surface area contributed by atoms with Gasteiger partial charge in [0.15, 0.2) is 5.82 Å². The Bertz CT molecular complexity index is 1210. The van der Waals surface area contributed by atoms with Gasteiger partial charge < -0.3 is 21.8 Å². The van der Waals surface area contributed by atoms with Gasteiger partial charge in [0.1, 0.15) is 11.5 Å². The van der Waals surface area contributed by atoms with Crippen LogP contribution in [0.5, 0.6) is 0 Å². The summed E-state index contributed by atoms with van der Waals surface area (Å²) in [6.07, 6.45) is 0. The molecule has 0 aliphatic rings. The van der Waals surface area contributed by atoms with Crippen molar-refractivity contribution in [2.75, 3.05) is 11.1 Å². The van der Waals surface area contributed by atoms with Gasteiger partial charge in [-0.1, -0.05) is 54.6 Å². The zero-order chi connectivity index (χ0) is 21.1. The molecule has 4 aromatic rings. The van der Waals surface area contributed by atoms with Crippen molar-refractivity contribution in [2.45, 2.75) is 0 Å². The maximum Gasteiger partial charge on any atom is 0.269 e. The first-order chi connectivity index (χ1) is 14.5. The van der Waals surface area contributed by atoms with Crippen molar-refractivity contribution in [1.29, 1.82) is 0 Å². The Hall–Kier alpha value is -4.39. The molecular formula is C23H19N5O2. The summed E-state index contributed by atoms with van der Waals surface area (Å²) in [5.41, 5.74) is 15.0. The molecule has 0 bridgehead atoms. The summed E-state index contributed by atoms with van der Waals surface area (Å²) >= 11 is 0. The number of carbonyl (C=O) groups is 2. The van der Waals surface area contributed by atoms with E-state index in [0.29, 0.717) is 22.6 Å². The summed E-state index contributed by atoms with van der Waals surface area (Å²) in [6.45, 7) is 0. The number of nitrogens with zero attached hydrogens (tertiary/aromatic N) is 1. The largest absolute Gasteiger partial charge is 0.399 e. The fourth-order valence-corrected chi connectivity index (χ4v) is 3.09. The van der Waals surface area contributed by atoms with E-state index in [1.165, 1.54) is 0 Å². The number of rotatable bonds is 5. The van der Waals surface area contributed by atoms with E-state index in [4.69, 9.17) is 11.5 Å². The fourth-order valence-electron chi connectivity index (χ4n) is 3.09. The van der Waals surface area contributed by atoms with Gasteiger partial charge in [-0.3, -0.25) is 9.59 Å². The number of H-pyrrole nitrogens is 1. The van der Waals surface area contributed by atoms with Gasteiger partial charge in [0, 0.05) is 16.8 Å². The minimum atomic E-state index is -0.729. The number of imidazole rings is 1. The van der Waals surface area contributed by atoms with E-state index in [0.717, 1.165) is 11.1 Å². The summed E-state index contributed by atoms with van der Waals surface area (Å²) in [7, 11) is 0. The van der Waals surface area contributed by atoms with Crippen LogP contribution in [0.2, 0.25) is 0 Å². The summed E-state index contributed by atoms with van der Waals surface area (Å²) in [6, 6.07) is 24.0.